The highest BCUT2D eigenvalue weighted by Gasteiger charge is 2.22. The summed E-state index contributed by atoms with van der Waals surface area (Å²) in [6, 6.07) is 2.86. The zero-order chi connectivity index (χ0) is 16.9. The molecule has 1 saturated carbocycles. The van der Waals surface area contributed by atoms with Crippen LogP contribution in [0.5, 0.6) is 0 Å². The van der Waals surface area contributed by atoms with E-state index in [1.54, 1.807) is 0 Å². The van der Waals surface area contributed by atoms with Gasteiger partial charge in [0, 0.05) is 18.2 Å². The van der Waals surface area contributed by atoms with Crippen molar-refractivity contribution < 1.29 is 22.3 Å². The third-order valence-corrected chi connectivity index (χ3v) is 5.64. The Morgan fingerprint density at radius 2 is 1.96 bits per heavy atom. The van der Waals surface area contributed by atoms with E-state index in [4.69, 9.17) is 0 Å². The van der Waals surface area contributed by atoms with E-state index in [2.05, 4.69) is 4.72 Å². The maximum atomic E-state index is 13.5. The summed E-state index contributed by atoms with van der Waals surface area (Å²) in [6.07, 6.45) is 5.08. The lowest BCUT2D eigenvalue weighted by Crippen LogP contribution is -2.29. The van der Waals surface area contributed by atoms with Gasteiger partial charge < -0.3 is 5.11 Å². The molecule has 130 valence electrons. The molecule has 0 saturated heterocycles. The van der Waals surface area contributed by atoms with Crippen LogP contribution in [0.2, 0.25) is 0 Å². The van der Waals surface area contributed by atoms with Gasteiger partial charge in [0.15, 0.2) is 0 Å². The summed E-state index contributed by atoms with van der Waals surface area (Å²) in [5.74, 6) is -1.86. The molecule has 0 bridgehead atoms. The minimum absolute atomic E-state index is 0.0541. The molecule has 1 aliphatic rings. The molecule has 2 rings (SSSR count). The van der Waals surface area contributed by atoms with Crippen molar-refractivity contribution in [2.45, 2.75) is 50.4 Å². The molecule has 2 N–H and O–H groups in total. The van der Waals surface area contributed by atoms with Crippen LogP contribution in [0.15, 0.2) is 18.2 Å². The van der Waals surface area contributed by atoms with Crippen LogP contribution in [-0.4, -0.2) is 26.2 Å². The normalized spacial score (nSPS) is 22.2. The molecule has 1 aliphatic carbocycles. The van der Waals surface area contributed by atoms with Crippen molar-refractivity contribution in [3.05, 3.63) is 35.4 Å². The predicted octanol–water partition coefficient (Wildman–Crippen LogP) is 2.72. The molecule has 1 aromatic rings. The van der Waals surface area contributed by atoms with Crippen LogP contribution >= 0.6 is 0 Å². The summed E-state index contributed by atoms with van der Waals surface area (Å²) < 4.78 is 52.6. The second-order valence-electron chi connectivity index (χ2n) is 6.14. The first kappa shape index (κ1) is 18.3. The number of rotatable bonds is 7. The summed E-state index contributed by atoms with van der Waals surface area (Å²) >= 11 is 0. The molecular formula is C16H23F2NO3S. The van der Waals surface area contributed by atoms with E-state index in [0.29, 0.717) is 12.5 Å². The van der Waals surface area contributed by atoms with Crippen molar-refractivity contribution >= 4 is 10.0 Å². The highest BCUT2D eigenvalue weighted by Crippen LogP contribution is 2.27. The van der Waals surface area contributed by atoms with E-state index in [0.717, 1.165) is 44.2 Å². The molecule has 0 heterocycles. The number of nitrogens with one attached hydrogen (secondary N) is 1. The van der Waals surface area contributed by atoms with Crippen molar-refractivity contribution in [1.82, 2.24) is 4.72 Å². The summed E-state index contributed by atoms with van der Waals surface area (Å²) in [5, 5.41) is 9.86. The lowest BCUT2D eigenvalue weighted by molar-refractivity contribution is 0.0645. The smallest absolute Gasteiger partial charge is 0.215 e. The number of halogens is 2. The van der Waals surface area contributed by atoms with Gasteiger partial charge >= 0.3 is 0 Å². The molecular weight excluding hydrogens is 324 g/mol. The molecule has 2 atom stereocenters. The Morgan fingerprint density at radius 3 is 2.65 bits per heavy atom. The molecule has 4 nitrogen and oxygen atoms in total. The number of benzene rings is 1. The minimum atomic E-state index is -3.66. The van der Waals surface area contributed by atoms with Gasteiger partial charge in [-0.25, -0.2) is 21.9 Å². The van der Waals surface area contributed by atoms with Gasteiger partial charge in [0.05, 0.1) is 11.9 Å². The van der Waals surface area contributed by atoms with Crippen LogP contribution in [0.4, 0.5) is 8.78 Å². The van der Waals surface area contributed by atoms with Crippen molar-refractivity contribution in [1.29, 1.82) is 0 Å². The van der Waals surface area contributed by atoms with Gasteiger partial charge in [-0.05, 0) is 37.7 Å². The molecule has 0 aromatic heterocycles. The maximum absolute atomic E-state index is 13.5. The van der Waals surface area contributed by atoms with Crippen LogP contribution < -0.4 is 4.72 Å². The molecule has 1 aromatic carbocycles. The summed E-state index contributed by atoms with van der Waals surface area (Å²) in [5.41, 5.74) is -0.0541. The monoisotopic (exact) mass is 347 g/mol. The number of aliphatic hydroxyl groups excluding tert-OH is 1. The van der Waals surface area contributed by atoms with Gasteiger partial charge in [-0.3, -0.25) is 0 Å². The van der Waals surface area contributed by atoms with Crippen LogP contribution in [0, 0.1) is 17.6 Å². The zero-order valence-electron chi connectivity index (χ0n) is 13.0. The van der Waals surface area contributed by atoms with Crippen molar-refractivity contribution in [2.24, 2.45) is 5.92 Å². The standard InChI is InChI=1S/C16H23F2NO3S/c17-14-8-7-13(15(18)10-14)11-23(21,22)19-9-3-5-12-4-1-2-6-16(12)20/h7-8,10,12,16,19-20H,1-6,9,11H2. The van der Waals surface area contributed by atoms with Gasteiger partial charge in [-0.15, -0.1) is 0 Å². The largest absolute Gasteiger partial charge is 0.393 e. The topological polar surface area (TPSA) is 66.4 Å². The summed E-state index contributed by atoms with van der Waals surface area (Å²) in [4.78, 5) is 0. The van der Waals surface area contributed by atoms with Gasteiger partial charge in [0.25, 0.3) is 0 Å². The molecule has 23 heavy (non-hydrogen) atoms. The van der Waals surface area contributed by atoms with E-state index < -0.39 is 27.4 Å². The Hall–Kier alpha value is -1.05. The number of sulfonamides is 1. The van der Waals surface area contributed by atoms with E-state index in [-0.39, 0.29) is 24.1 Å². The Kier molecular flexibility index (Phi) is 6.50. The Morgan fingerprint density at radius 1 is 1.22 bits per heavy atom. The van der Waals surface area contributed by atoms with E-state index >= 15 is 0 Å². The predicted molar refractivity (Wildman–Crippen MR) is 84.2 cm³/mol. The first-order valence-corrected chi connectivity index (χ1v) is 9.62. The number of aliphatic hydroxyl groups is 1. The lowest BCUT2D eigenvalue weighted by Gasteiger charge is -2.27. The summed E-state index contributed by atoms with van der Waals surface area (Å²) in [6.45, 7) is 0.258. The number of hydrogen-bond acceptors (Lipinski definition) is 3. The molecule has 0 spiro atoms. The average molecular weight is 347 g/mol. The maximum Gasteiger partial charge on any atom is 0.215 e. The number of hydrogen-bond donors (Lipinski definition) is 2. The first-order chi connectivity index (χ1) is 10.9. The van der Waals surface area contributed by atoms with Crippen LogP contribution in [0.25, 0.3) is 0 Å². The van der Waals surface area contributed by atoms with E-state index in [1.807, 2.05) is 0 Å². The fraction of sp³-hybridized carbons (Fsp3) is 0.625. The van der Waals surface area contributed by atoms with E-state index in [1.165, 1.54) is 0 Å². The quantitative estimate of drug-likeness (QED) is 0.745. The zero-order valence-corrected chi connectivity index (χ0v) is 13.8. The Balaban J connectivity index is 1.77. The first-order valence-electron chi connectivity index (χ1n) is 7.97. The van der Waals surface area contributed by atoms with Gasteiger partial charge in [0.1, 0.15) is 11.6 Å². The molecule has 0 radical (unpaired) electrons. The SMILES string of the molecule is O=S(=O)(Cc1ccc(F)cc1F)NCCCC1CCCCC1O. The second kappa shape index (κ2) is 8.17. The fourth-order valence-corrected chi connectivity index (χ4v) is 4.21. The minimum Gasteiger partial charge on any atom is -0.393 e. The third-order valence-electron chi connectivity index (χ3n) is 4.30. The Bertz CT molecular complexity index is 622. The molecule has 0 aliphatic heterocycles. The van der Waals surface area contributed by atoms with Crippen LogP contribution in [-0.2, 0) is 15.8 Å². The Labute approximate surface area is 136 Å². The highest BCUT2D eigenvalue weighted by molar-refractivity contribution is 7.88. The third kappa shape index (κ3) is 5.82. The van der Waals surface area contributed by atoms with Crippen LogP contribution in [0.1, 0.15) is 44.1 Å². The van der Waals surface area contributed by atoms with Crippen molar-refractivity contribution in [2.75, 3.05) is 6.54 Å². The fourth-order valence-electron chi connectivity index (χ4n) is 3.01. The average Bonchev–Trinajstić information content (AvgIpc) is 2.48. The van der Waals surface area contributed by atoms with Crippen molar-refractivity contribution in [3.8, 4) is 0 Å². The van der Waals surface area contributed by atoms with Crippen molar-refractivity contribution in [3.63, 3.8) is 0 Å². The van der Waals surface area contributed by atoms with Gasteiger partial charge in [-0.1, -0.05) is 18.9 Å². The second-order valence-corrected chi connectivity index (χ2v) is 7.95. The van der Waals surface area contributed by atoms with E-state index in [9.17, 15) is 22.3 Å². The van der Waals surface area contributed by atoms with Gasteiger partial charge in [-0.2, -0.15) is 0 Å². The lowest BCUT2D eigenvalue weighted by atomic mass is 9.84. The highest BCUT2D eigenvalue weighted by atomic mass is 32.2. The molecule has 1 fully saturated rings. The van der Waals surface area contributed by atoms with Crippen LogP contribution in [0.3, 0.4) is 0 Å². The molecule has 0 amide bonds. The molecule has 7 heteroatoms. The summed E-state index contributed by atoms with van der Waals surface area (Å²) in [7, 11) is -3.66. The molecule has 2 unspecified atom stereocenters. The van der Waals surface area contributed by atoms with Gasteiger partial charge in [0.2, 0.25) is 10.0 Å².